The van der Waals surface area contributed by atoms with Crippen molar-refractivity contribution in [2.45, 2.75) is 25.7 Å². The molecule has 0 spiro atoms. The SMILES string of the molecule is COc1ccc(/C=C/C(=O)NNC(=O)CN2CCCCCC2=O)cc1OC. The van der Waals surface area contributed by atoms with Crippen LogP contribution in [-0.4, -0.2) is 49.9 Å². The van der Waals surface area contributed by atoms with Crippen molar-refractivity contribution in [1.29, 1.82) is 0 Å². The van der Waals surface area contributed by atoms with Crippen LogP contribution in [0.2, 0.25) is 0 Å². The lowest BCUT2D eigenvalue weighted by molar-refractivity contribution is -0.136. The molecule has 0 aliphatic carbocycles. The van der Waals surface area contributed by atoms with Crippen molar-refractivity contribution in [3.63, 3.8) is 0 Å². The Morgan fingerprint density at radius 3 is 2.63 bits per heavy atom. The van der Waals surface area contributed by atoms with Crippen LogP contribution in [0.4, 0.5) is 0 Å². The lowest BCUT2D eigenvalue weighted by Crippen LogP contribution is -2.47. The van der Waals surface area contributed by atoms with Crippen molar-refractivity contribution in [2.75, 3.05) is 27.3 Å². The highest BCUT2D eigenvalue weighted by Crippen LogP contribution is 2.27. The van der Waals surface area contributed by atoms with E-state index >= 15 is 0 Å². The number of likely N-dealkylation sites (tertiary alicyclic amines) is 1. The standard InChI is InChI=1S/C19H25N3O5/c1-26-15-9-7-14(12-16(15)27-2)8-10-17(23)20-21-18(24)13-22-11-5-3-4-6-19(22)25/h7-10,12H,3-6,11,13H2,1-2H3,(H,20,23)(H,21,24)/b10-8+. The second-order valence-corrected chi connectivity index (χ2v) is 6.11. The number of hydrazine groups is 1. The third-order valence-electron chi connectivity index (χ3n) is 4.17. The van der Waals surface area contributed by atoms with E-state index in [2.05, 4.69) is 10.9 Å². The minimum Gasteiger partial charge on any atom is -0.493 e. The van der Waals surface area contributed by atoms with E-state index in [0.29, 0.717) is 24.5 Å². The fourth-order valence-electron chi connectivity index (χ4n) is 2.72. The highest BCUT2D eigenvalue weighted by Gasteiger charge is 2.19. The number of hydrogen-bond acceptors (Lipinski definition) is 5. The molecule has 1 aliphatic heterocycles. The number of amides is 3. The van der Waals surface area contributed by atoms with Crippen LogP contribution in [0.25, 0.3) is 6.08 Å². The van der Waals surface area contributed by atoms with Gasteiger partial charge in [0, 0.05) is 19.0 Å². The molecule has 8 heteroatoms. The topological polar surface area (TPSA) is 97.0 Å². The van der Waals surface area contributed by atoms with Gasteiger partial charge in [0.2, 0.25) is 5.91 Å². The Balaban J connectivity index is 1.82. The normalized spacial score (nSPS) is 14.6. The van der Waals surface area contributed by atoms with Crippen LogP contribution in [0.5, 0.6) is 11.5 Å². The Labute approximate surface area is 158 Å². The Bertz CT molecular complexity index is 717. The van der Waals surface area contributed by atoms with Crippen LogP contribution in [0.3, 0.4) is 0 Å². The minimum atomic E-state index is -0.486. The maximum Gasteiger partial charge on any atom is 0.262 e. The van der Waals surface area contributed by atoms with Gasteiger partial charge in [-0.05, 0) is 36.6 Å². The summed E-state index contributed by atoms with van der Waals surface area (Å²) in [5.74, 6) is 0.200. The molecule has 0 atom stereocenters. The summed E-state index contributed by atoms with van der Waals surface area (Å²) in [6, 6.07) is 5.23. The summed E-state index contributed by atoms with van der Waals surface area (Å²) in [5, 5.41) is 0. The highest BCUT2D eigenvalue weighted by atomic mass is 16.5. The van der Waals surface area contributed by atoms with E-state index in [1.807, 2.05) is 0 Å². The van der Waals surface area contributed by atoms with Crippen LogP contribution < -0.4 is 20.3 Å². The van der Waals surface area contributed by atoms with E-state index < -0.39 is 11.8 Å². The van der Waals surface area contributed by atoms with Crippen LogP contribution >= 0.6 is 0 Å². The van der Waals surface area contributed by atoms with Gasteiger partial charge in [-0.2, -0.15) is 0 Å². The van der Waals surface area contributed by atoms with E-state index in [1.165, 1.54) is 18.1 Å². The van der Waals surface area contributed by atoms with Gasteiger partial charge in [-0.25, -0.2) is 0 Å². The first-order valence-corrected chi connectivity index (χ1v) is 8.80. The van der Waals surface area contributed by atoms with Crippen molar-refractivity contribution in [1.82, 2.24) is 15.8 Å². The zero-order valence-electron chi connectivity index (χ0n) is 15.6. The number of carbonyl (C=O) groups is 3. The highest BCUT2D eigenvalue weighted by molar-refractivity contribution is 5.93. The molecule has 0 bridgehead atoms. The maximum absolute atomic E-state index is 11.9. The van der Waals surface area contributed by atoms with E-state index in [0.717, 1.165) is 24.8 Å². The van der Waals surface area contributed by atoms with Gasteiger partial charge in [0.05, 0.1) is 14.2 Å². The Kier molecular flexibility index (Phi) is 7.66. The number of nitrogens with one attached hydrogen (secondary N) is 2. The summed E-state index contributed by atoms with van der Waals surface area (Å²) in [4.78, 5) is 37.2. The molecule has 3 amide bonds. The third kappa shape index (κ3) is 6.32. The van der Waals surface area contributed by atoms with E-state index in [4.69, 9.17) is 9.47 Å². The molecule has 2 N–H and O–H groups in total. The van der Waals surface area contributed by atoms with Gasteiger partial charge in [0.15, 0.2) is 11.5 Å². The number of nitrogens with zero attached hydrogens (tertiary/aromatic N) is 1. The van der Waals surface area contributed by atoms with Gasteiger partial charge in [-0.15, -0.1) is 0 Å². The zero-order chi connectivity index (χ0) is 19.6. The van der Waals surface area contributed by atoms with Gasteiger partial charge >= 0.3 is 0 Å². The molecular formula is C19H25N3O5. The van der Waals surface area contributed by atoms with Gasteiger partial charge < -0.3 is 14.4 Å². The zero-order valence-corrected chi connectivity index (χ0v) is 15.6. The predicted molar refractivity (Wildman–Crippen MR) is 99.9 cm³/mol. The van der Waals surface area contributed by atoms with Crippen molar-refractivity contribution in [3.8, 4) is 11.5 Å². The molecule has 0 radical (unpaired) electrons. The summed E-state index contributed by atoms with van der Waals surface area (Å²) in [7, 11) is 3.07. The maximum atomic E-state index is 11.9. The molecule has 1 fully saturated rings. The molecule has 2 rings (SSSR count). The molecule has 0 saturated carbocycles. The van der Waals surface area contributed by atoms with E-state index in [-0.39, 0.29) is 12.5 Å². The fourth-order valence-corrected chi connectivity index (χ4v) is 2.72. The van der Waals surface area contributed by atoms with Crippen molar-refractivity contribution >= 4 is 23.8 Å². The van der Waals surface area contributed by atoms with Crippen LogP contribution in [-0.2, 0) is 14.4 Å². The fraction of sp³-hybridized carbons (Fsp3) is 0.421. The Hall–Kier alpha value is -3.03. The molecule has 1 saturated heterocycles. The molecule has 8 nitrogen and oxygen atoms in total. The molecule has 146 valence electrons. The number of methoxy groups -OCH3 is 2. The van der Waals surface area contributed by atoms with Gasteiger partial charge in [0.25, 0.3) is 11.8 Å². The number of carbonyl (C=O) groups excluding carboxylic acids is 3. The van der Waals surface area contributed by atoms with Crippen molar-refractivity contribution < 1.29 is 23.9 Å². The number of rotatable bonds is 6. The summed E-state index contributed by atoms with van der Waals surface area (Å²) >= 11 is 0. The number of hydrogen-bond donors (Lipinski definition) is 2. The third-order valence-corrected chi connectivity index (χ3v) is 4.17. The average Bonchev–Trinajstić information content (AvgIpc) is 2.88. The molecule has 0 unspecified atom stereocenters. The molecule has 1 heterocycles. The first kappa shape index (κ1) is 20.3. The van der Waals surface area contributed by atoms with Crippen molar-refractivity contribution in [3.05, 3.63) is 29.8 Å². The average molecular weight is 375 g/mol. The van der Waals surface area contributed by atoms with Crippen LogP contribution in [0.1, 0.15) is 31.2 Å². The van der Waals surface area contributed by atoms with Crippen molar-refractivity contribution in [2.24, 2.45) is 0 Å². The quantitative estimate of drug-likeness (QED) is 0.576. The predicted octanol–water partition coefficient (Wildman–Crippen LogP) is 1.27. The van der Waals surface area contributed by atoms with Crippen LogP contribution in [0, 0.1) is 0 Å². The largest absolute Gasteiger partial charge is 0.493 e. The molecule has 0 aromatic heterocycles. The smallest absolute Gasteiger partial charge is 0.262 e. The Morgan fingerprint density at radius 1 is 1.11 bits per heavy atom. The summed E-state index contributed by atoms with van der Waals surface area (Å²) in [6.07, 6.45) is 6.07. The van der Waals surface area contributed by atoms with Gasteiger partial charge in [-0.1, -0.05) is 12.5 Å². The molecule has 1 aromatic rings. The van der Waals surface area contributed by atoms with E-state index in [1.54, 1.807) is 31.4 Å². The monoisotopic (exact) mass is 375 g/mol. The summed E-state index contributed by atoms with van der Waals surface area (Å²) in [5.41, 5.74) is 5.36. The minimum absolute atomic E-state index is 0.0256. The number of ether oxygens (including phenoxy) is 2. The lowest BCUT2D eigenvalue weighted by atomic mass is 10.2. The summed E-state index contributed by atoms with van der Waals surface area (Å²) < 4.78 is 10.4. The molecule has 27 heavy (non-hydrogen) atoms. The molecular weight excluding hydrogens is 350 g/mol. The van der Waals surface area contributed by atoms with E-state index in [9.17, 15) is 14.4 Å². The van der Waals surface area contributed by atoms with Crippen LogP contribution in [0.15, 0.2) is 24.3 Å². The lowest BCUT2D eigenvalue weighted by Gasteiger charge is -2.19. The van der Waals surface area contributed by atoms with Gasteiger partial charge in [-0.3, -0.25) is 25.2 Å². The first-order valence-electron chi connectivity index (χ1n) is 8.80. The second kappa shape index (κ2) is 10.2. The first-order chi connectivity index (χ1) is 13.0. The molecule has 1 aromatic carbocycles. The Morgan fingerprint density at radius 2 is 1.89 bits per heavy atom. The number of benzene rings is 1. The molecule has 1 aliphatic rings. The second-order valence-electron chi connectivity index (χ2n) is 6.11. The summed E-state index contributed by atoms with van der Waals surface area (Å²) in [6.45, 7) is 0.512. The van der Waals surface area contributed by atoms with Gasteiger partial charge in [0.1, 0.15) is 6.54 Å².